The zero-order chi connectivity index (χ0) is 21.8. The van der Waals surface area contributed by atoms with E-state index in [4.69, 9.17) is 9.73 Å². The van der Waals surface area contributed by atoms with Gasteiger partial charge in [-0.05, 0) is 50.9 Å². The zero-order valence-electron chi connectivity index (χ0n) is 19.5. The van der Waals surface area contributed by atoms with Gasteiger partial charge in [-0.25, -0.2) is 9.79 Å². The highest BCUT2D eigenvalue weighted by molar-refractivity contribution is 14.0. The van der Waals surface area contributed by atoms with Crippen LogP contribution in [0.15, 0.2) is 29.3 Å². The van der Waals surface area contributed by atoms with E-state index in [1.807, 2.05) is 6.92 Å². The van der Waals surface area contributed by atoms with Crippen LogP contribution in [0.1, 0.15) is 51.7 Å². The minimum Gasteiger partial charge on any atom is -0.450 e. The first-order valence-electron chi connectivity index (χ1n) is 11.4. The number of carbonyl (C=O) groups is 1. The number of guanidine groups is 1. The highest BCUT2D eigenvalue weighted by Crippen LogP contribution is 2.12. The molecule has 1 heterocycles. The van der Waals surface area contributed by atoms with Gasteiger partial charge >= 0.3 is 6.09 Å². The molecule has 0 saturated carbocycles. The van der Waals surface area contributed by atoms with Gasteiger partial charge in [-0.3, -0.25) is 4.90 Å². The highest BCUT2D eigenvalue weighted by atomic mass is 127. The number of halogens is 1. The Bertz CT molecular complexity index is 656. The molecular formula is C23H40IN5O2. The summed E-state index contributed by atoms with van der Waals surface area (Å²) in [5, 5.41) is 6.86. The molecule has 0 aliphatic carbocycles. The number of hydrogen-bond acceptors (Lipinski definition) is 4. The van der Waals surface area contributed by atoms with Gasteiger partial charge in [-0.15, -0.1) is 24.0 Å². The average Bonchev–Trinajstić information content (AvgIpc) is 2.77. The van der Waals surface area contributed by atoms with E-state index >= 15 is 0 Å². The summed E-state index contributed by atoms with van der Waals surface area (Å²) in [5.74, 6) is 0.833. The minimum atomic E-state index is -0.207. The third-order valence-corrected chi connectivity index (χ3v) is 5.45. The van der Waals surface area contributed by atoms with Gasteiger partial charge in [0, 0.05) is 32.2 Å². The lowest BCUT2D eigenvalue weighted by molar-refractivity contribution is 0.0963. The van der Waals surface area contributed by atoms with Crippen molar-refractivity contribution >= 4 is 36.0 Å². The first kappa shape index (κ1) is 27.5. The van der Waals surface area contributed by atoms with Gasteiger partial charge in [0.25, 0.3) is 0 Å². The Balaban J connectivity index is 0.00000480. The van der Waals surface area contributed by atoms with E-state index in [1.165, 1.54) is 11.1 Å². The summed E-state index contributed by atoms with van der Waals surface area (Å²) in [6, 6.07) is 9.06. The Kier molecular flexibility index (Phi) is 13.6. The predicted molar refractivity (Wildman–Crippen MR) is 138 cm³/mol. The topological polar surface area (TPSA) is 69.2 Å². The van der Waals surface area contributed by atoms with Crippen molar-refractivity contribution in [3.8, 4) is 0 Å². The van der Waals surface area contributed by atoms with Gasteiger partial charge in [-0.1, -0.05) is 38.1 Å². The number of nitrogens with one attached hydrogen (secondary N) is 2. The van der Waals surface area contributed by atoms with Crippen molar-refractivity contribution in [2.75, 3.05) is 39.3 Å². The third-order valence-electron chi connectivity index (χ3n) is 5.45. The SMILES string of the molecule is CCNC(=NCc1ccc(CN(CC)CC)cc1)NC1CCN(C(=O)OCC)CC1.I. The van der Waals surface area contributed by atoms with Crippen LogP contribution in [0.4, 0.5) is 4.79 Å². The molecule has 0 aromatic heterocycles. The number of amides is 1. The molecule has 1 aromatic carbocycles. The van der Waals surface area contributed by atoms with E-state index in [2.05, 4.69) is 60.6 Å². The summed E-state index contributed by atoms with van der Waals surface area (Å²) < 4.78 is 5.09. The van der Waals surface area contributed by atoms with Crippen LogP contribution in [0.3, 0.4) is 0 Å². The van der Waals surface area contributed by atoms with Crippen LogP contribution in [0.25, 0.3) is 0 Å². The summed E-state index contributed by atoms with van der Waals surface area (Å²) in [5.41, 5.74) is 2.54. The van der Waals surface area contributed by atoms with Crippen molar-refractivity contribution in [2.24, 2.45) is 4.99 Å². The number of rotatable bonds is 9. The van der Waals surface area contributed by atoms with Gasteiger partial charge in [0.1, 0.15) is 0 Å². The molecular weight excluding hydrogens is 505 g/mol. The number of aliphatic imine (C=N–C) groups is 1. The first-order chi connectivity index (χ1) is 14.6. The second-order valence-electron chi connectivity index (χ2n) is 7.58. The molecule has 7 nitrogen and oxygen atoms in total. The fourth-order valence-corrected chi connectivity index (χ4v) is 3.56. The molecule has 2 rings (SSSR count). The van der Waals surface area contributed by atoms with Gasteiger partial charge in [0.2, 0.25) is 0 Å². The van der Waals surface area contributed by atoms with Crippen LogP contribution in [0.5, 0.6) is 0 Å². The van der Waals surface area contributed by atoms with Crippen LogP contribution in [-0.4, -0.2) is 67.2 Å². The molecule has 31 heavy (non-hydrogen) atoms. The zero-order valence-corrected chi connectivity index (χ0v) is 21.9. The Morgan fingerprint density at radius 3 is 2.26 bits per heavy atom. The molecule has 1 aliphatic heterocycles. The van der Waals surface area contributed by atoms with E-state index in [9.17, 15) is 4.79 Å². The summed E-state index contributed by atoms with van der Waals surface area (Å²) in [6.45, 7) is 14.7. The molecule has 1 aromatic rings. The third kappa shape index (κ3) is 9.64. The van der Waals surface area contributed by atoms with Crippen molar-refractivity contribution in [3.63, 3.8) is 0 Å². The molecule has 0 unspecified atom stereocenters. The average molecular weight is 546 g/mol. The predicted octanol–water partition coefficient (Wildman–Crippen LogP) is 3.82. The number of nitrogens with zero attached hydrogens (tertiary/aromatic N) is 3. The molecule has 8 heteroatoms. The largest absolute Gasteiger partial charge is 0.450 e. The maximum atomic E-state index is 11.9. The Morgan fingerprint density at radius 1 is 1.10 bits per heavy atom. The molecule has 0 radical (unpaired) electrons. The van der Waals surface area contributed by atoms with Crippen molar-refractivity contribution in [1.82, 2.24) is 20.4 Å². The van der Waals surface area contributed by atoms with Gasteiger partial charge < -0.3 is 20.3 Å². The second-order valence-corrected chi connectivity index (χ2v) is 7.58. The van der Waals surface area contributed by atoms with Crippen LogP contribution >= 0.6 is 24.0 Å². The molecule has 0 bridgehead atoms. The standard InChI is InChI=1S/C23H39N5O2.HI/c1-5-24-22(26-21-13-15-28(16-14-21)23(29)30-8-4)25-17-19-9-11-20(12-10-19)18-27(6-2)7-3;/h9-12,21H,5-8,13-18H2,1-4H3,(H2,24,25,26);1H. The molecule has 1 fully saturated rings. The van der Waals surface area contributed by atoms with E-state index in [1.54, 1.807) is 4.90 Å². The molecule has 176 valence electrons. The second kappa shape index (κ2) is 15.3. The Morgan fingerprint density at radius 2 is 1.71 bits per heavy atom. The van der Waals surface area contributed by atoms with Gasteiger partial charge in [-0.2, -0.15) is 0 Å². The van der Waals surface area contributed by atoms with Crippen molar-refractivity contribution in [2.45, 2.75) is 59.7 Å². The van der Waals surface area contributed by atoms with Gasteiger partial charge in [0.05, 0.1) is 13.2 Å². The monoisotopic (exact) mass is 545 g/mol. The molecule has 1 aliphatic rings. The summed E-state index contributed by atoms with van der Waals surface area (Å²) in [4.78, 5) is 20.8. The van der Waals surface area contributed by atoms with E-state index in [0.717, 1.165) is 45.0 Å². The number of likely N-dealkylation sites (tertiary alicyclic amines) is 1. The van der Waals surface area contributed by atoms with E-state index < -0.39 is 0 Å². The number of benzene rings is 1. The lowest BCUT2D eigenvalue weighted by Crippen LogP contribution is -2.49. The quantitative estimate of drug-likeness (QED) is 0.281. The van der Waals surface area contributed by atoms with Crippen molar-refractivity contribution in [3.05, 3.63) is 35.4 Å². The molecule has 0 spiro atoms. The minimum absolute atomic E-state index is 0. The molecule has 2 N–H and O–H groups in total. The summed E-state index contributed by atoms with van der Waals surface area (Å²) >= 11 is 0. The number of carbonyl (C=O) groups excluding carboxylic acids is 1. The summed E-state index contributed by atoms with van der Waals surface area (Å²) in [7, 11) is 0. The van der Waals surface area contributed by atoms with Crippen LogP contribution in [0, 0.1) is 0 Å². The van der Waals surface area contributed by atoms with Crippen LogP contribution in [0.2, 0.25) is 0 Å². The fourth-order valence-electron chi connectivity index (χ4n) is 3.56. The normalized spacial score (nSPS) is 14.9. The molecule has 1 amide bonds. The molecule has 0 atom stereocenters. The first-order valence-corrected chi connectivity index (χ1v) is 11.4. The maximum Gasteiger partial charge on any atom is 0.409 e. The number of ether oxygens (including phenoxy) is 1. The molecule has 1 saturated heterocycles. The van der Waals surface area contributed by atoms with Crippen LogP contribution < -0.4 is 10.6 Å². The lowest BCUT2D eigenvalue weighted by Gasteiger charge is -2.32. The summed E-state index contributed by atoms with van der Waals surface area (Å²) in [6.07, 6.45) is 1.58. The number of piperidine rings is 1. The Hall–Kier alpha value is -1.55. The smallest absolute Gasteiger partial charge is 0.409 e. The van der Waals surface area contributed by atoms with Crippen molar-refractivity contribution in [1.29, 1.82) is 0 Å². The Labute approximate surface area is 205 Å². The maximum absolute atomic E-state index is 11.9. The fraction of sp³-hybridized carbons (Fsp3) is 0.652. The van der Waals surface area contributed by atoms with E-state index in [0.29, 0.717) is 32.3 Å². The lowest BCUT2D eigenvalue weighted by atomic mass is 10.1. The number of hydrogen-bond donors (Lipinski definition) is 2. The van der Waals surface area contributed by atoms with Gasteiger partial charge in [0.15, 0.2) is 5.96 Å². The van der Waals surface area contributed by atoms with E-state index in [-0.39, 0.29) is 30.1 Å². The van der Waals surface area contributed by atoms with Crippen molar-refractivity contribution < 1.29 is 9.53 Å². The van der Waals surface area contributed by atoms with Crippen LogP contribution in [-0.2, 0) is 17.8 Å². The highest BCUT2D eigenvalue weighted by Gasteiger charge is 2.24.